The zero-order chi connectivity index (χ0) is 9.66. The maximum atomic E-state index is 3.55. The predicted molar refractivity (Wildman–Crippen MR) is 59.3 cm³/mol. The van der Waals surface area contributed by atoms with Gasteiger partial charge >= 0.3 is 0 Å². The van der Waals surface area contributed by atoms with Crippen molar-refractivity contribution in [3.63, 3.8) is 0 Å². The summed E-state index contributed by atoms with van der Waals surface area (Å²) < 4.78 is 0. The van der Waals surface area contributed by atoms with Crippen LogP contribution in [-0.2, 0) is 39.0 Å². The number of allylic oxidation sites excluding steroid dienone is 4. The first kappa shape index (κ1) is 36.0. The Morgan fingerprint density at radius 1 is 0.500 bits per heavy atom. The van der Waals surface area contributed by atoms with E-state index in [1.807, 2.05) is 24.3 Å². The number of hydrogen-bond acceptors (Lipinski definition) is 0. The van der Waals surface area contributed by atoms with E-state index in [4.69, 9.17) is 0 Å². The Morgan fingerprint density at radius 3 is 0.688 bits per heavy atom. The van der Waals surface area contributed by atoms with Gasteiger partial charge in [0.05, 0.1) is 0 Å². The molecule has 0 aliphatic rings. The Hall–Kier alpha value is 0.787. The Balaban J connectivity index is -0.0000000250. The van der Waals surface area contributed by atoms with E-state index in [1.165, 1.54) is 0 Å². The van der Waals surface area contributed by atoms with Gasteiger partial charge in [-0.15, -0.1) is 26.3 Å². The second-order valence-corrected chi connectivity index (χ2v) is 2.31. The van der Waals surface area contributed by atoms with E-state index in [9.17, 15) is 0 Å². The van der Waals surface area contributed by atoms with Crippen molar-refractivity contribution in [1.29, 1.82) is 0 Å². The number of halogens is 2. The molecular formula is C12H20Cl2Rh2-2. The molecule has 0 spiro atoms. The second kappa shape index (κ2) is 44.7. The summed E-state index contributed by atoms with van der Waals surface area (Å²) in [5.41, 5.74) is 0. The molecule has 0 saturated heterocycles. The van der Waals surface area contributed by atoms with Crippen molar-refractivity contribution in [3.8, 4) is 0 Å². The van der Waals surface area contributed by atoms with Gasteiger partial charge in [-0.1, -0.05) is 24.3 Å². The third kappa shape index (κ3) is 61.0. The molecule has 0 nitrogen and oxygen atoms in total. The molecule has 0 fully saturated rings. The summed E-state index contributed by atoms with van der Waals surface area (Å²) in [4.78, 5) is 0. The van der Waals surface area contributed by atoms with Crippen molar-refractivity contribution < 1.29 is 63.8 Å². The molecule has 0 unspecified atom stereocenters. The number of unbranched alkanes of at least 4 members (excludes halogenated alkanes) is 2. The summed E-state index contributed by atoms with van der Waals surface area (Å²) in [6.45, 7) is 14.2. The third-order valence-corrected chi connectivity index (χ3v) is 1.15. The molecule has 0 aromatic heterocycles. The van der Waals surface area contributed by atoms with Gasteiger partial charge in [-0.3, -0.25) is 0 Å². The van der Waals surface area contributed by atoms with E-state index in [0.717, 1.165) is 25.7 Å². The van der Waals surface area contributed by atoms with Gasteiger partial charge in [0, 0.05) is 39.0 Å². The van der Waals surface area contributed by atoms with Crippen molar-refractivity contribution in [2.75, 3.05) is 0 Å². The Bertz CT molecular complexity index is 105. The molecule has 0 bridgehead atoms. The summed E-state index contributed by atoms with van der Waals surface area (Å²) >= 11 is 0. The van der Waals surface area contributed by atoms with Crippen molar-refractivity contribution in [1.82, 2.24) is 0 Å². The van der Waals surface area contributed by atoms with Crippen LogP contribution < -0.4 is 24.8 Å². The standard InChI is InChI=1S/2C6H10.2ClH.2Rh/c2*1-3-5-6-4-2;;;;/h2*3-4H,1-2,5-6H2;2*1H;;/p-2. The third-order valence-electron chi connectivity index (χ3n) is 1.15. The van der Waals surface area contributed by atoms with Gasteiger partial charge in [0.25, 0.3) is 0 Å². The normalized spacial score (nSPS) is 5.50. The van der Waals surface area contributed by atoms with Crippen LogP contribution in [-0.4, -0.2) is 0 Å². The minimum Gasteiger partial charge on any atom is -1.00 e. The largest absolute Gasteiger partial charge is 1.00 e. The van der Waals surface area contributed by atoms with Crippen LogP contribution in [0.2, 0.25) is 0 Å². The number of rotatable bonds is 6. The molecule has 0 amide bonds. The van der Waals surface area contributed by atoms with Gasteiger partial charge in [-0.05, 0) is 25.7 Å². The first-order chi connectivity index (χ1) is 5.83. The Kier molecular flexibility index (Phi) is 100. The minimum absolute atomic E-state index is 0. The molecule has 0 aliphatic heterocycles. The zero-order valence-corrected chi connectivity index (χ0v) is 14.2. The summed E-state index contributed by atoms with van der Waals surface area (Å²) in [6, 6.07) is 0. The molecule has 0 aliphatic carbocycles. The summed E-state index contributed by atoms with van der Waals surface area (Å²) in [5, 5.41) is 0. The van der Waals surface area contributed by atoms with Gasteiger partial charge in [0.1, 0.15) is 0 Å². The SMILES string of the molecule is C=CCCC=C.C=CCCC=C.[Cl-].[Cl-].[Rh].[Rh]. The Labute approximate surface area is 139 Å². The number of hydrogen-bond donors (Lipinski definition) is 0. The molecule has 0 atom stereocenters. The average Bonchev–Trinajstić information content (AvgIpc) is 2.12. The first-order valence-electron chi connectivity index (χ1n) is 4.27. The van der Waals surface area contributed by atoms with Crippen LogP contribution in [0.4, 0.5) is 0 Å². The molecule has 0 saturated carbocycles. The van der Waals surface area contributed by atoms with Crippen LogP contribution in [0.25, 0.3) is 0 Å². The molecule has 0 N–H and O–H groups in total. The smallest absolute Gasteiger partial charge is 0 e. The van der Waals surface area contributed by atoms with Crippen LogP contribution in [0.5, 0.6) is 0 Å². The molecule has 0 aromatic rings. The second-order valence-electron chi connectivity index (χ2n) is 2.31. The van der Waals surface area contributed by atoms with Gasteiger partial charge < -0.3 is 24.8 Å². The predicted octanol–water partition coefficient (Wildman–Crippen LogP) is -1.72. The zero-order valence-electron chi connectivity index (χ0n) is 9.39. The fourth-order valence-corrected chi connectivity index (χ4v) is 0.471. The maximum absolute atomic E-state index is 3.55. The average molecular weight is 441 g/mol. The van der Waals surface area contributed by atoms with E-state index in [2.05, 4.69) is 26.3 Å². The molecule has 0 rings (SSSR count). The van der Waals surface area contributed by atoms with Crippen molar-refractivity contribution in [2.45, 2.75) is 25.7 Å². The summed E-state index contributed by atoms with van der Waals surface area (Å²) in [5.74, 6) is 0. The van der Waals surface area contributed by atoms with Crippen molar-refractivity contribution >= 4 is 0 Å². The van der Waals surface area contributed by atoms with E-state index >= 15 is 0 Å². The quantitative estimate of drug-likeness (QED) is 0.262. The van der Waals surface area contributed by atoms with E-state index in [0.29, 0.717) is 0 Å². The van der Waals surface area contributed by atoms with Crippen LogP contribution in [0.1, 0.15) is 25.7 Å². The van der Waals surface area contributed by atoms with Gasteiger partial charge in [-0.25, -0.2) is 0 Å². The van der Waals surface area contributed by atoms with E-state index in [-0.39, 0.29) is 63.8 Å². The Morgan fingerprint density at radius 2 is 0.625 bits per heavy atom. The fourth-order valence-electron chi connectivity index (χ4n) is 0.471. The molecule has 4 heteroatoms. The minimum atomic E-state index is 0. The molecule has 0 heterocycles. The fraction of sp³-hybridized carbons (Fsp3) is 0.333. The topological polar surface area (TPSA) is 0 Å². The van der Waals surface area contributed by atoms with Gasteiger partial charge in [0.15, 0.2) is 0 Å². The summed E-state index contributed by atoms with van der Waals surface area (Å²) in [7, 11) is 0. The van der Waals surface area contributed by atoms with Crippen molar-refractivity contribution in [2.24, 2.45) is 0 Å². The van der Waals surface area contributed by atoms with Crippen LogP contribution in [0.3, 0.4) is 0 Å². The molecule has 16 heavy (non-hydrogen) atoms. The maximum Gasteiger partial charge on any atom is 0 e. The van der Waals surface area contributed by atoms with E-state index < -0.39 is 0 Å². The van der Waals surface area contributed by atoms with Crippen LogP contribution in [0.15, 0.2) is 50.6 Å². The van der Waals surface area contributed by atoms with Crippen molar-refractivity contribution in [3.05, 3.63) is 50.6 Å². The first-order valence-corrected chi connectivity index (χ1v) is 4.27. The van der Waals surface area contributed by atoms with Gasteiger partial charge in [-0.2, -0.15) is 0 Å². The van der Waals surface area contributed by atoms with E-state index in [1.54, 1.807) is 0 Å². The molecule has 0 aromatic carbocycles. The van der Waals surface area contributed by atoms with Gasteiger partial charge in [0.2, 0.25) is 0 Å². The molecular weight excluding hydrogens is 421 g/mol. The molecule has 2 radical (unpaired) electrons. The molecule has 102 valence electrons. The summed E-state index contributed by atoms with van der Waals surface area (Å²) in [6.07, 6.45) is 11.8. The monoisotopic (exact) mass is 440 g/mol. The van der Waals surface area contributed by atoms with Crippen LogP contribution in [0, 0.1) is 0 Å². The van der Waals surface area contributed by atoms with Crippen LogP contribution >= 0.6 is 0 Å².